The average molecular weight is 395 g/mol. The van der Waals surface area contributed by atoms with E-state index in [-0.39, 0.29) is 5.91 Å². The molecule has 1 fully saturated rings. The van der Waals surface area contributed by atoms with E-state index in [4.69, 9.17) is 0 Å². The van der Waals surface area contributed by atoms with Gasteiger partial charge in [-0.15, -0.1) is 10.2 Å². The number of likely N-dealkylation sites (tertiary alicyclic amines) is 1. The molecule has 152 valence electrons. The molecule has 0 spiro atoms. The van der Waals surface area contributed by atoms with Gasteiger partial charge in [-0.05, 0) is 56.0 Å². The van der Waals surface area contributed by atoms with Gasteiger partial charge >= 0.3 is 6.18 Å². The molecule has 3 rings (SSSR count). The third-order valence-electron chi connectivity index (χ3n) is 5.02. The van der Waals surface area contributed by atoms with Gasteiger partial charge in [-0.2, -0.15) is 13.2 Å². The van der Waals surface area contributed by atoms with Gasteiger partial charge in [0.05, 0.1) is 5.56 Å². The van der Waals surface area contributed by atoms with E-state index < -0.39 is 11.7 Å². The highest BCUT2D eigenvalue weighted by atomic mass is 19.4. The molecule has 0 bridgehead atoms. The fourth-order valence-corrected chi connectivity index (χ4v) is 3.49. The number of carbonyl (C=O) groups excluding carboxylic acids is 1. The zero-order valence-corrected chi connectivity index (χ0v) is 15.5. The Morgan fingerprint density at radius 1 is 1.14 bits per heavy atom. The van der Waals surface area contributed by atoms with E-state index in [1.54, 1.807) is 12.7 Å². The predicted octanol–water partition coefficient (Wildman–Crippen LogP) is 3.43. The second-order valence-corrected chi connectivity index (χ2v) is 7.17. The number of aromatic nitrogens is 3. The number of alkyl halides is 3. The van der Waals surface area contributed by atoms with Crippen LogP contribution < -0.4 is 5.32 Å². The normalized spacial score (nSPS) is 18.2. The number of amides is 1. The number of piperidine rings is 1. The second-order valence-electron chi connectivity index (χ2n) is 7.17. The van der Waals surface area contributed by atoms with Crippen LogP contribution in [0.1, 0.15) is 31.2 Å². The fraction of sp³-hybridized carbons (Fsp3) is 0.526. The van der Waals surface area contributed by atoms with Crippen LogP contribution >= 0.6 is 0 Å². The molecule has 28 heavy (non-hydrogen) atoms. The molecule has 9 heteroatoms. The predicted molar refractivity (Wildman–Crippen MR) is 98.5 cm³/mol. The summed E-state index contributed by atoms with van der Waals surface area (Å²) in [5.41, 5.74) is -0.337. The third-order valence-corrected chi connectivity index (χ3v) is 5.02. The van der Waals surface area contributed by atoms with E-state index in [0.717, 1.165) is 57.6 Å². The molecule has 2 heterocycles. The van der Waals surface area contributed by atoms with Crippen LogP contribution in [0.15, 0.2) is 36.9 Å². The first-order chi connectivity index (χ1) is 13.4. The minimum Gasteiger partial charge on any atom is -0.326 e. The summed E-state index contributed by atoms with van der Waals surface area (Å²) in [7, 11) is 0. The van der Waals surface area contributed by atoms with Crippen molar-refractivity contribution >= 4 is 11.6 Å². The molecular formula is C19H24F3N5O. The second kappa shape index (κ2) is 9.18. The molecule has 0 aliphatic carbocycles. The lowest BCUT2D eigenvalue weighted by atomic mass is 9.93. The van der Waals surface area contributed by atoms with Crippen LogP contribution in [0.3, 0.4) is 0 Å². The Bertz CT molecular complexity index is 746. The molecule has 0 radical (unpaired) electrons. The molecule has 0 saturated carbocycles. The van der Waals surface area contributed by atoms with Crippen LogP contribution in [0.25, 0.3) is 0 Å². The Morgan fingerprint density at radius 2 is 1.86 bits per heavy atom. The molecule has 0 unspecified atom stereocenters. The van der Waals surface area contributed by atoms with Gasteiger partial charge in [-0.1, -0.05) is 0 Å². The first-order valence-electron chi connectivity index (χ1n) is 9.42. The lowest BCUT2D eigenvalue weighted by Crippen LogP contribution is -2.37. The smallest absolute Gasteiger partial charge is 0.326 e. The van der Waals surface area contributed by atoms with Gasteiger partial charge < -0.3 is 14.8 Å². The first-order valence-corrected chi connectivity index (χ1v) is 9.42. The van der Waals surface area contributed by atoms with Crippen molar-refractivity contribution in [2.75, 3.05) is 25.0 Å². The number of benzene rings is 1. The van der Waals surface area contributed by atoms with Gasteiger partial charge in [0.1, 0.15) is 12.7 Å². The maximum Gasteiger partial charge on any atom is 0.416 e. The van der Waals surface area contributed by atoms with Gasteiger partial charge in [0.25, 0.3) is 0 Å². The maximum atomic E-state index is 12.6. The summed E-state index contributed by atoms with van der Waals surface area (Å²) in [5.74, 6) is 0.286. The molecule has 1 aliphatic heterocycles. The topological polar surface area (TPSA) is 63.1 Å². The van der Waals surface area contributed by atoms with Crippen molar-refractivity contribution in [2.45, 2.75) is 38.4 Å². The Balaban J connectivity index is 1.40. The van der Waals surface area contributed by atoms with E-state index in [9.17, 15) is 18.0 Å². The molecule has 1 amide bonds. The molecule has 1 aliphatic rings. The average Bonchev–Trinajstić information content (AvgIpc) is 3.18. The van der Waals surface area contributed by atoms with Crippen molar-refractivity contribution in [1.82, 2.24) is 19.7 Å². The van der Waals surface area contributed by atoms with E-state index in [1.807, 2.05) is 4.57 Å². The lowest BCUT2D eigenvalue weighted by Gasteiger charge is -2.32. The summed E-state index contributed by atoms with van der Waals surface area (Å²) < 4.78 is 39.7. The molecule has 1 N–H and O–H groups in total. The van der Waals surface area contributed by atoms with Gasteiger partial charge in [0, 0.05) is 31.7 Å². The summed E-state index contributed by atoms with van der Waals surface area (Å²) in [6.45, 7) is 3.77. The number of halogens is 3. The quantitative estimate of drug-likeness (QED) is 0.780. The number of hydrogen-bond acceptors (Lipinski definition) is 4. The first kappa shape index (κ1) is 20.3. The van der Waals surface area contributed by atoms with E-state index in [2.05, 4.69) is 20.4 Å². The third kappa shape index (κ3) is 6.05. The lowest BCUT2D eigenvalue weighted by molar-refractivity contribution is -0.137. The Hall–Kier alpha value is -2.42. The molecule has 1 aromatic carbocycles. The number of nitrogens with one attached hydrogen (secondary N) is 1. The van der Waals surface area contributed by atoms with E-state index >= 15 is 0 Å². The molecule has 2 aromatic rings. The Kier molecular flexibility index (Phi) is 6.66. The number of nitrogens with zero attached hydrogens (tertiary/aromatic N) is 4. The summed E-state index contributed by atoms with van der Waals surface area (Å²) in [6.07, 6.45) is 2.37. The fourth-order valence-electron chi connectivity index (χ4n) is 3.49. The highest BCUT2D eigenvalue weighted by Crippen LogP contribution is 2.30. The van der Waals surface area contributed by atoms with Crippen LogP contribution in [0.4, 0.5) is 18.9 Å². The molecule has 1 saturated heterocycles. The summed E-state index contributed by atoms with van der Waals surface area (Å²) in [4.78, 5) is 14.5. The zero-order valence-electron chi connectivity index (χ0n) is 15.5. The molecule has 1 aromatic heterocycles. The minimum absolute atomic E-state index is 0.165. The van der Waals surface area contributed by atoms with Crippen molar-refractivity contribution in [2.24, 2.45) is 5.92 Å². The van der Waals surface area contributed by atoms with Crippen molar-refractivity contribution in [3.8, 4) is 0 Å². The Morgan fingerprint density at radius 3 is 2.54 bits per heavy atom. The molecule has 1 atom stereocenters. The van der Waals surface area contributed by atoms with E-state index in [1.165, 1.54) is 12.1 Å². The number of carbonyl (C=O) groups is 1. The van der Waals surface area contributed by atoms with Crippen LogP contribution in [-0.4, -0.2) is 45.2 Å². The van der Waals surface area contributed by atoms with Crippen LogP contribution in [0.5, 0.6) is 0 Å². The highest BCUT2D eigenvalue weighted by molar-refractivity contribution is 5.90. The monoisotopic (exact) mass is 395 g/mol. The van der Waals surface area contributed by atoms with Crippen LogP contribution in [-0.2, 0) is 17.5 Å². The van der Waals surface area contributed by atoms with Gasteiger partial charge in [-0.3, -0.25) is 4.79 Å². The SMILES string of the molecule is O=C(CC[C@H]1CCCN(CCn2cnnc2)C1)Nc1ccc(C(F)(F)F)cc1. The maximum absolute atomic E-state index is 12.6. The molecular weight excluding hydrogens is 371 g/mol. The number of anilines is 1. The number of hydrogen-bond donors (Lipinski definition) is 1. The van der Waals surface area contributed by atoms with Crippen molar-refractivity contribution < 1.29 is 18.0 Å². The Labute approximate surface area is 161 Å². The summed E-state index contributed by atoms with van der Waals surface area (Å²) >= 11 is 0. The minimum atomic E-state index is -4.37. The van der Waals surface area contributed by atoms with Gasteiger partial charge in [-0.25, -0.2) is 0 Å². The zero-order chi connectivity index (χ0) is 20.0. The van der Waals surface area contributed by atoms with E-state index in [0.29, 0.717) is 18.0 Å². The summed E-state index contributed by atoms with van der Waals surface area (Å²) in [6, 6.07) is 4.52. The number of rotatable bonds is 7. The van der Waals surface area contributed by atoms with Crippen molar-refractivity contribution in [3.63, 3.8) is 0 Å². The van der Waals surface area contributed by atoms with Gasteiger partial charge in [0.2, 0.25) is 5.91 Å². The van der Waals surface area contributed by atoms with Crippen LogP contribution in [0.2, 0.25) is 0 Å². The van der Waals surface area contributed by atoms with Crippen molar-refractivity contribution in [3.05, 3.63) is 42.5 Å². The standard InChI is InChI=1S/C19H24F3N5O/c20-19(21,22)16-4-6-17(7-5-16)25-18(28)8-3-15-2-1-9-26(12-15)10-11-27-13-23-24-14-27/h4-7,13-15H,1-3,8-12H2,(H,25,28)/t15-/m1/s1. The highest BCUT2D eigenvalue weighted by Gasteiger charge is 2.30. The van der Waals surface area contributed by atoms with Crippen LogP contribution in [0, 0.1) is 5.92 Å². The molecule has 6 nitrogen and oxygen atoms in total. The largest absolute Gasteiger partial charge is 0.416 e. The summed E-state index contributed by atoms with van der Waals surface area (Å²) in [5, 5.41) is 10.3. The van der Waals surface area contributed by atoms with Gasteiger partial charge in [0.15, 0.2) is 0 Å². The van der Waals surface area contributed by atoms with Crippen molar-refractivity contribution in [1.29, 1.82) is 0 Å².